The molecule has 0 bridgehead atoms. The molecule has 1 unspecified atom stereocenters. The molecule has 78 valence electrons. The van der Waals surface area contributed by atoms with E-state index in [4.69, 9.17) is 16.3 Å². The highest BCUT2D eigenvalue weighted by Crippen LogP contribution is 2.25. The molecule has 1 aromatic rings. The van der Waals surface area contributed by atoms with E-state index in [-0.39, 0.29) is 0 Å². The quantitative estimate of drug-likeness (QED) is 0.754. The number of aryl methyl sites for hydroxylation is 1. The number of alkyl halides is 1. The second kappa shape index (κ2) is 5.62. The van der Waals surface area contributed by atoms with Crippen LogP contribution in [0.3, 0.4) is 0 Å². The molecule has 0 N–H and O–H groups in total. The van der Waals surface area contributed by atoms with E-state index in [0.29, 0.717) is 17.5 Å². The first-order valence-electron chi connectivity index (χ1n) is 4.58. The van der Waals surface area contributed by atoms with Gasteiger partial charge >= 0.3 is 0 Å². The lowest BCUT2D eigenvalue weighted by molar-refractivity contribution is 0.274. The van der Waals surface area contributed by atoms with Crippen molar-refractivity contribution < 1.29 is 4.74 Å². The zero-order valence-corrected chi connectivity index (χ0v) is 10.7. The van der Waals surface area contributed by atoms with Gasteiger partial charge in [0.15, 0.2) is 0 Å². The summed E-state index contributed by atoms with van der Waals surface area (Å²) in [7, 11) is 0. The average Bonchev–Trinajstić information content (AvgIpc) is 2.19. The molecule has 0 aliphatic heterocycles. The molecule has 1 nitrogen and oxygen atoms in total. The molecule has 1 rings (SSSR count). The molecule has 0 saturated heterocycles. The Morgan fingerprint density at radius 1 is 1.50 bits per heavy atom. The van der Waals surface area contributed by atoms with Gasteiger partial charge in [-0.25, -0.2) is 0 Å². The van der Waals surface area contributed by atoms with Crippen LogP contribution in [0.15, 0.2) is 18.2 Å². The van der Waals surface area contributed by atoms with Crippen LogP contribution in [-0.2, 0) is 0 Å². The van der Waals surface area contributed by atoms with Crippen LogP contribution in [0.2, 0.25) is 5.02 Å². The number of halogens is 2. The normalized spacial score (nSPS) is 12.6. The van der Waals surface area contributed by atoms with Gasteiger partial charge in [0.1, 0.15) is 5.75 Å². The summed E-state index contributed by atoms with van der Waals surface area (Å²) in [4.78, 5) is 0. The molecule has 1 aromatic carbocycles. The highest BCUT2D eigenvalue weighted by molar-refractivity contribution is 9.09. The number of hydrogen-bond acceptors (Lipinski definition) is 1. The number of rotatable bonds is 4. The van der Waals surface area contributed by atoms with Crippen LogP contribution in [-0.4, -0.2) is 11.9 Å². The lowest BCUT2D eigenvalue weighted by Gasteiger charge is -2.11. The zero-order chi connectivity index (χ0) is 10.6. The molecule has 0 heterocycles. The summed E-state index contributed by atoms with van der Waals surface area (Å²) in [6.07, 6.45) is 0. The topological polar surface area (TPSA) is 9.23 Å². The lowest BCUT2D eigenvalue weighted by atomic mass is 10.2. The van der Waals surface area contributed by atoms with Crippen LogP contribution in [0.4, 0.5) is 0 Å². The van der Waals surface area contributed by atoms with Crippen molar-refractivity contribution in [3.05, 3.63) is 28.8 Å². The van der Waals surface area contributed by atoms with Crippen molar-refractivity contribution in [2.45, 2.75) is 13.8 Å². The van der Waals surface area contributed by atoms with Crippen molar-refractivity contribution in [2.24, 2.45) is 5.92 Å². The summed E-state index contributed by atoms with van der Waals surface area (Å²) in [6, 6.07) is 5.80. The van der Waals surface area contributed by atoms with Gasteiger partial charge in [-0.15, -0.1) is 0 Å². The van der Waals surface area contributed by atoms with Crippen molar-refractivity contribution in [2.75, 3.05) is 11.9 Å². The van der Waals surface area contributed by atoms with E-state index >= 15 is 0 Å². The third-order valence-corrected chi connectivity index (χ3v) is 3.29. The Morgan fingerprint density at radius 2 is 2.21 bits per heavy atom. The van der Waals surface area contributed by atoms with E-state index in [0.717, 1.165) is 16.6 Å². The standard InChI is InChI=1S/C11H14BrClO/c1-8-3-4-10(13)11(5-8)14-7-9(2)6-12/h3-5,9H,6-7H2,1-2H3. The first-order chi connectivity index (χ1) is 6.63. The fourth-order valence-corrected chi connectivity index (χ4v) is 1.36. The van der Waals surface area contributed by atoms with Crippen LogP contribution in [0, 0.1) is 12.8 Å². The van der Waals surface area contributed by atoms with E-state index in [1.54, 1.807) is 0 Å². The van der Waals surface area contributed by atoms with Gasteiger partial charge in [0, 0.05) is 5.33 Å². The van der Waals surface area contributed by atoms with Crippen molar-refractivity contribution in [1.82, 2.24) is 0 Å². The van der Waals surface area contributed by atoms with Crippen molar-refractivity contribution in [1.29, 1.82) is 0 Å². The monoisotopic (exact) mass is 276 g/mol. The second-order valence-electron chi connectivity index (χ2n) is 3.50. The van der Waals surface area contributed by atoms with E-state index in [1.165, 1.54) is 0 Å². The van der Waals surface area contributed by atoms with Crippen molar-refractivity contribution in [3.63, 3.8) is 0 Å². The predicted octanol–water partition coefficient (Wildman–Crippen LogP) is 4.06. The maximum Gasteiger partial charge on any atom is 0.138 e. The molecule has 0 aliphatic carbocycles. The van der Waals surface area contributed by atoms with E-state index < -0.39 is 0 Å². The van der Waals surface area contributed by atoms with Gasteiger partial charge in [0.2, 0.25) is 0 Å². The summed E-state index contributed by atoms with van der Waals surface area (Å²) >= 11 is 9.39. The number of benzene rings is 1. The molecular weight excluding hydrogens is 263 g/mol. The predicted molar refractivity (Wildman–Crippen MR) is 64.6 cm³/mol. The average molecular weight is 278 g/mol. The fourth-order valence-electron chi connectivity index (χ4n) is 0.998. The molecule has 0 amide bonds. The van der Waals surface area contributed by atoms with Gasteiger partial charge in [-0.2, -0.15) is 0 Å². The van der Waals surface area contributed by atoms with Crippen LogP contribution in [0.25, 0.3) is 0 Å². The summed E-state index contributed by atoms with van der Waals surface area (Å²) < 4.78 is 5.61. The molecule has 0 spiro atoms. The van der Waals surface area contributed by atoms with Gasteiger partial charge < -0.3 is 4.74 Å². The highest BCUT2D eigenvalue weighted by Gasteiger charge is 2.04. The van der Waals surface area contributed by atoms with Gasteiger partial charge in [0.25, 0.3) is 0 Å². The Hall–Kier alpha value is -0.210. The minimum atomic E-state index is 0.492. The SMILES string of the molecule is Cc1ccc(Cl)c(OCC(C)CBr)c1. The molecule has 0 radical (unpaired) electrons. The maximum atomic E-state index is 5.99. The molecule has 14 heavy (non-hydrogen) atoms. The molecule has 0 saturated carbocycles. The summed E-state index contributed by atoms with van der Waals surface area (Å²) in [5, 5.41) is 1.62. The minimum absolute atomic E-state index is 0.492. The summed E-state index contributed by atoms with van der Waals surface area (Å²) in [6.45, 7) is 4.84. The van der Waals surface area contributed by atoms with Crippen LogP contribution in [0.5, 0.6) is 5.75 Å². The van der Waals surface area contributed by atoms with Crippen LogP contribution < -0.4 is 4.74 Å². The van der Waals surface area contributed by atoms with Gasteiger partial charge in [-0.05, 0) is 30.5 Å². The fraction of sp³-hybridized carbons (Fsp3) is 0.455. The lowest BCUT2D eigenvalue weighted by Crippen LogP contribution is -2.09. The van der Waals surface area contributed by atoms with E-state index in [9.17, 15) is 0 Å². The Balaban J connectivity index is 2.62. The Morgan fingerprint density at radius 3 is 2.86 bits per heavy atom. The zero-order valence-electron chi connectivity index (χ0n) is 8.39. The minimum Gasteiger partial charge on any atom is -0.492 e. The highest BCUT2D eigenvalue weighted by atomic mass is 79.9. The van der Waals surface area contributed by atoms with Crippen LogP contribution in [0.1, 0.15) is 12.5 Å². The molecular formula is C11H14BrClO. The van der Waals surface area contributed by atoms with Crippen LogP contribution >= 0.6 is 27.5 Å². The smallest absolute Gasteiger partial charge is 0.138 e. The van der Waals surface area contributed by atoms with E-state index in [2.05, 4.69) is 22.9 Å². The summed E-state index contributed by atoms with van der Waals surface area (Å²) in [5.41, 5.74) is 1.16. The first-order valence-corrected chi connectivity index (χ1v) is 6.08. The summed E-state index contributed by atoms with van der Waals surface area (Å²) in [5.74, 6) is 1.27. The molecule has 0 fully saturated rings. The first kappa shape index (κ1) is 11.9. The molecule has 0 aromatic heterocycles. The largest absolute Gasteiger partial charge is 0.492 e. The molecule has 1 atom stereocenters. The maximum absolute atomic E-state index is 5.99. The number of ether oxygens (including phenoxy) is 1. The second-order valence-corrected chi connectivity index (χ2v) is 4.56. The van der Waals surface area contributed by atoms with E-state index in [1.807, 2.05) is 25.1 Å². The van der Waals surface area contributed by atoms with Gasteiger partial charge in [0.05, 0.1) is 11.6 Å². The Kier molecular flexibility index (Phi) is 4.76. The molecule has 0 aliphatic rings. The Bertz CT molecular complexity index is 301. The third-order valence-electron chi connectivity index (χ3n) is 1.87. The Labute approximate surface area is 98.5 Å². The van der Waals surface area contributed by atoms with Gasteiger partial charge in [-0.3, -0.25) is 0 Å². The van der Waals surface area contributed by atoms with Crippen molar-refractivity contribution >= 4 is 27.5 Å². The third kappa shape index (κ3) is 3.50. The van der Waals surface area contributed by atoms with Gasteiger partial charge in [-0.1, -0.05) is 40.5 Å². The van der Waals surface area contributed by atoms with Crippen molar-refractivity contribution in [3.8, 4) is 5.75 Å². The number of hydrogen-bond donors (Lipinski definition) is 0. The molecule has 3 heteroatoms.